The third-order valence-electron chi connectivity index (χ3n) is 6.63. The van der Waals surface area contributed by atoms with Crippen molar-refractivity contribution in [1.29, 1.82) is 0 Å². The summed E-state index contributed by atoms with van der Waals surface area (Å²) in [6.07, 6.45) is 2.95. The maximum Gasteiger partial charge on any atom is 0.410 e. The summed E-state index contributed by atoms with van der Waals surface area (Å²) in [5, 5.41) is 7.66. The number of rotatable bonds is 7. The number of sulfone groups is 1. The Hall–Kier alpha value is -3.51. The Balaban J connectivity index is 1.36. The topological polar surface area (TPSA) is 106 Å². The van der Waals surface area contributed by atoms with Crippen molar-refractivity contribution in [2.24, 2.45) is 0 Å². The Morgan fingerprint density at radius 1 is 1.21 bits per heavy atom. The van der Waals surface area contributed by atoms with Crippen LogP contribution in [-0.4, -0.2) is 52.6 Å². The molecule has 0 radical (unpaired) electrons. The highest BCUT2D eigenvalue weighted by molar-refractivity contribution is 9.10. The summed E-state index contributed by atoms with van der Waals surface area (Å²) in [6.45, 7) is 2.30. The molecule has 3 heterocycles. The van der Waals surface area contributed by atoms with E-state index in [0.29, 0.717) is 34.7 Å². The highest BCUT2D eigenvalue weighted by atomic mass is 79.9. The van der Waals surface area contributed by atoms with E-state index in [4.69, 9.17) is 9.72 Å². The van der Waals surface area contributed by atoms with Gasteiger partial charge in [-0.2, -0.15) is 9.61 Å². The number of aromatic nitrogens is 3. The van der Waals surface area contributed by atoms with Gasteiger partial charge in [0, 0.05) is 30.8 Å². The van der Waals surface area contributed by atoms with E-state index in [2.05, 4.69) is 26.3 Å². The van der Waals surface area contributed by atoms with Gasteiger partial charge in [0.05, 0.1) is 21.3 Å². The van der Waals surface area contributed by atoms with E-state index >= 15 is 0 Å². The van der Waals surface area contributed by atoms with Gasteiger partial charge in [-0.05, 0) is 65.5 Å². The Morgan fingerprint density at radius 2 is 1.95 bits per heavy atom. The number of ether oxygens (including phenoxy) is 1. The number of fused-ring (bicyclic) bond motifs is 1. The van der Waals surface area contributed by atoms with Crippen molar-refractivity contribution in [3.63, 3.8) is 0 Å². The van der Waals surface area contributed by atoms with Crippen LogP contribution in [0, 0.1) is 0 Å². The molecule has 0 spiro atoms. The van der Waals surface area contributed by atoms with Gasteiger partial charge in [0.2, 0.25) is 15.3 Å². The maximum atomic E-state index is 13.5. The van der Waals surface area contributed by atoms with Crippen LogP contribution in [0.15, 0.2) is 76.2 Å². The van der Waals surface area contributed by atoms with Crippen LogP contribution < -0.4 is 5.32 Å². The minimum absolute atomic E-state index is 0.0195. The number of amides is 1. The molecule has 9 nitrogen and oxygen atoms in total. The zero-order valence-electron chi connectivity index (χ0n) is 21.1. The van der Waals surface area contributed by atoms with Crippen LogP contribution in [0.25, 0.3) is 5.65 Å². The van der Waals surface area contributed by atoms with Crippen LogP contribution in [0.3, 0.4) is 0 Å². The van der Waals surface area contributed by atoms with Crippen LogP contribution in [0.2, 0.25) is 0 Å². The molecule has 2 atom stereocenters. The second-order valence-electron chi connectivity index (χ2n) is 9.36. The zero-order chi connectivity index (χ0) is 27.6. The number of hydrogen-bond acceptors (Lipinski definition) is 7. The summed E-state index contributed by atoms with van der Waals surface area (Å²) < 4.78 is 45.7. The molecule has 0 aliphatic carbocycles. The Kier molecular flexibility index (Phi) is 7.85. The number of benzene rings is 2. The van der Waals surface area contributed by atoms with E-state index in [0.717, 1.165) is 31.0 Å². The van der Waals surface area contributed by atoms with E-state index in [1.807, 2.05) is 36.4 Å². The molecule has 1 unspecified atom stereocenters. The lowest BCUT2D eigenvalue weighted by Crippen LogP contribution is -2.39. The number of halogens is 2. The first kappa shape index (κ1) is 27.1. The van der Waals surface area contributed by atoms with Gasteiger partial charge in [-0.25, -0.2) is 22.6 Å². The molecule has 1 N–H and O–H groups in total. The number of likely N-dealkylation sites (tertiary alicyclic amines) is 1. The van der Waals surface area contributed by atoms with E-state index in [-0.39, 0.29) is 23.5 Å². The average molecular weight is 617 g/mol. The largest absolute Gasteiger partial charge is 0.445 e. The molecule has 2 aromatic carbocycles. The first-order chi connectivity index (χ1) is 18.7. The molecular weight excluding hydrogens is 589 g/mol. The van der Waals surface area contributed by atoms with Crippen molar-refractivity contribution in [2.75, 3.05) is 18.4 Å². The molecule has 1 amide bonds. The lowest BCUT2D eigenvalue weighted by molar-refractivity contribution is 0.0856. The van der Waals surface area contributed by atoms with Crippen LogP contribution in [0.5, 0.6) is 0 Å². The number of nitrogens with zero attached hydrogens (tertiary/aromatic N) is 4. The fourth-order valence-corrected chi connectivity index (χ4v) is 5.75. The fraction of sp³-hybridized carbons (Fsp3) is 0.296. The quantitative estimate of drug-likeness (QED) is 0.278. The number of carbonyl (C=O) groups is 1. The predicted molar refractivity (Wildman–Crippen MR) is 148 cm³/mol. The molecule has 1 aliphatic heterocycles. The summed E-state index contributed by atoms with van der Waals surface area (Å²) in [7, 11) is -4.02. The number of alkyl halides is 1. The molecule has 2 aromatic heterocycles. The number of carbonyl (C=O) groups excluding carboxylic acids is 1. The lowest BCUT2D eigenvalue weighted by Gasteiger charge is -2.32. The van der Waals surface area contributed by atoms with Crippen LogP contribution in [0.1, 0.15) is 36.9 Å². The van der Waals surface area contributed by atoms with E-state index in [1.54, 1.807) is 27.7 Å². The third kappa shape index (κ3) is 5.91. The Bertz CT molecular complexity index is 1580. The van der Waals surface area contributed by atoms with Gasteiger partial charge in [0.1, 0.15) is 12.4 Å². The second kappa shape index (κ2) is 11.3. The SMILES string of the molecule is CC(F)S(=O)(=O)c1ccc(Nc2cc([C@H]3CCCN(C(=O)OCc4ccccc4)C3)nc3c(Br)cnn23)cc1. The fourth-order valence-electron chi connectivity index (χ4n) is 4.51. The molecule has 1 saturated heterocycles. The van der Waals surface area contributed by atoms with E-state index in [1.165, 1.54) is 12.1 Å². The molecule has 0 saturated carbocycles. The van der Waals surface area contributed by atoms with Gasteiger partial charge in [-0.3, -0.25) is 0 Å². The Morgan fingerprint density at radius 3 is 2.67 bits per heavy atom. The van der Waals surface area contributed by atoms with Gasteiger partial charge in [-0.1, -0.05) is 30.3 Å². The second-order valence-corrected chi connectivity index (χ2v) is 12.4. The summed E-state index contributed by atoms with van der Waals surface area (Å²) in [5.74, 6) is 0.591. The normalized spacial score (nSPS) is 16.7. The summed E-state index contributed by atoms with van der Waals surface area (Å²) in [5.41, 5.74) is 0.921. The van der Waals surface area contributed by atoms with Crippen LogP contribution in [-0.2, 0) is 21.2 Å². The molecule has 12 heteroatoms. The summed E-state index contributed by atoms with van der Waals surface area (Å²) >= 11 is 3.51. The minimum Gasteiger partial charge on any atom is -0.445 e. The maximum absolute atomic E-state index is 13.5. The number of anilines is 2. The van der Waals surface area contributed by atoms with Gasteiger partial charge < -0.3 is 15.0 Å². The first-order valence-corrected chi connectivity index (χ1v) is 14.8. The highest BCUT2D eigenvalue weighted by Crippen LogP contribution is 2.31. The molecule has 4 aromatic rings. The highest BCUT2D eigenvalue weighted by Gasteiger charge is 2.28. The third-order valence-corrected chi connectivity index (χ3v) is 8.98. The first-order valence-electron chi connectivity index (χ1n) is 12.5. The van der Waals surface area contributed by atoms with Crippen molar-refractivity contribution < 1.29 is 22.3 Å². The van der Waals surface area contributed by atoms with Crippen molar-refractivity contribution in [2.45, 2.75) is 42.7 Å². The van der Waals surface area contributed by atoms with Gasteiger partial charge in [0.15, 0.2) is 5.65 Å². The standard InChI is InChI=1S/C27H27BrFN5O4S/c1-18(29)39(36,37)22-11-9-21(10-12-22)31-25-14-24(32-26-23(28)15-30-34(25)26)20-8-5-13-33(16-20)27(35)38-17-19-6-3-2-4-7-19/h2-4,6-7,9-12,14-15,18,20,31H,5,8,13,16-17H2,1H3/t18?,20-/m0/s1. The predicted octanol–water partition coefficient (Wildman–Crippen LogP) is 5.84. The van der Waals surface area contributed by atoms with Crippen molar-refractivity contribution in [3.05, 3.63) is 82.6 Å². The van der Waals surface area contributed by atoms with E-state index < -0.39 is 15.3 Å². The molecular formula is C27H27BrFN5O4S. The van der Waals surface area contributed by atoms with Gasteiger partial charge in [0.25, 0.3) is 0 Å². The van der Waals surface area contributed by atoms with Gasteiger partial charge >= 0.3 is 6.09 Å². The summed E-state index contributed by atoms with van der Waals surface area (Å²) in [6, 6.07) is 17.3. The van der Waals surface area contributed by atoms with Crippen molar-refractivity contribution in [3.8, 4) is 0 Å². The monoisotopic (exact) mass is 615 g/mol. The molecule has 1 aliphatic rings. The average Bonchev–Trinajstić information content (AvgIpc) is 3.33. The van der Waals surface area contributed by atoms with Crippen molar-refractivity contribution >= 4 is 49.0 Å². The van der Waals surface area contributed by atoms with Crippen LogP contribution in [0.4, 0.5) is 20.7 Å². The molecule has 39 heavy (non-hydrogen) atoms. The minimum atomic E-state index is -4.02. The molecule has 5 rings (SSSR count). The molecule has 0 bridgehead atoms. The van der Waals surface area contributed by atoms with Crippen molar-refractivity contribution in [1.82, 2.24) is 19.5 Å². The summed E-state index contributed by atoms with van der Waals surface area (Å²) in [4.78, 5) is 19.3. The van der Waals surface area contributed by atoms with Crippen LogP contribution >= 0.6 is 15.9 Å². The zero-order valence-corrected chi connectivity index (χ0v) is 23.5. The number of nitrogens with one attached hydrogen (secondary N) is 1. The molecule has 1 fully saturated rings. The smallest absolute Gasteiger partial charge is 0.410 e. The Labute approximate surface area is 234 Å². The van der Waals surface area contributed by atoms with Gasteiger partial charge in [-0.15, -0.1) is 0 Å². The lowest BCUT2D eigenvalue weighted by atomic mass is 9.94. The number of hydrogen-bond donors (Lipinski definition) is 1. The molecule has 204 valence electrons. The van der Waals surface area contributed by atoms with E-state index in [9.17, 15) is 17.6 Å². The number of piperidine rings is 1.